The minimum atomic E-state index is -2.54. The Balaban J connectivity index is 1.94. The molecule has 0 bridgehead atoms. The molecule has 0 aliphatic rings. The van der Waals surface area contributed by atoms with Crippen LogP contribution in [0.5, 0.6) is 5.75 Å². The summed E-state index contributed by atoms with van der Waals surface area (Å²) in [4.78, 5) is 12.8. The van der Waals surface area contributed by atoms with Gasteiger partial charge in [-0.15, -0.1) is 11.3 Å². The second-order valence-corrected chi connectivity index (χ2v) is 7.48. The molecule has 3 nitrogen and oxygen atoms in total. The summed E-state index contributed by atoms with van der Waals surface area (Å²) in [5.74, 6) is -1.71. The molecule has 130 valence electrons. The summed E-state index contributed by atoms with van der Waals surface area (Å²) < 4.78 is 30.6. The van der Waals surface area contributed by atoms with E-state index >= 15 is 0 Å². The minimum absolute atomic E-state index is 0.307. The van der Waals surface area contributed by atoms with Crippen molar-refractivity contribution < 1.29 is 18.3 Å². The zero-order chi connectivity index (χ0) is 17.5. The van der Waals surface area contributed by atoms with E-state index in [1.807, 2.05) is 24.3 Å². The van der Waals surface area contributed by atoms with Crippen molar-refractivity contribution in [2.24, 2.45) is 5.92 Å². The summed E-state index contributed by atoms with van der Waals surface area (Å²) in [7, 11) is 0. The molecule has 0 unspecified atom stereocenters. The van der Waals surface area contributed by atoms with Crippen LogP contribution in [0.1, 0.15) is 29.1 Å². The first kappa shape index (κ1) is 18.7. The fourth-order valence-corrected chi connectivity index (χ4v) is 3.54. The van der Waals surface area contributed by atoms with Crippen molar-refractivity contribution >= 4 is 29.0 Å². The maximum Gasteiger partial charge on any atom is 0.288 e. The predicted octanol–water partition coefficient (Wildman–Crippen LogP) is 5.03. The molecule has 1 N–H and O–H groups in total. The molecule has 0 spiro atoms. The predicted molar refractivity (Wildman–Crippen MR) is 94.1 cm³/mol. The van der Waals surface area contributed by atoms with Crippen molar-refractivity contribution in [1.82, 2.24) is 5.32 Å². The first-order valence-electron chi connectivity index (χ1n) is 7.48. The Morgan fingerprint density at radius 3 is 2.83 bits per heavy atom. The molecule has 1 aromatic carbocycles. The Morgan fingerprint density at radius 2 is 2.12 bits per heavy atom. The largest absolute Gasteiger partial charge is 0.493 e. The third-order valence-corrected chi connectivity index (χ3v) is 4.80. The molecular weight excluding hydrogens is 352 g/mol. The molecule has 0 radical (unpaired) electrons. The number of amides is 1. The van der Waals surface area contributed by atoms with E-state index in [1.54, 1.807) is 5.38 Å². The van der Waals surface area contributed by atoms with E-state index in [2.05, 4.69) is 19.2 Å². The number of hydrogen-bond donors (Lipinski definition) is 1. The normalized spacial score (nSPS) is 11.1. The summed E-state index contributed by atoms with van der Waals surface area (Å²) in [6.45, 7) is 5.08. The molecule has 0 aliphatic carbocycles. The average Bonchev–Trinajstić information content (AvgIpc) is 2.98. The number of nitrogens with one attached hydrogen (secondary N) is 1. The van der Waals surface area contributed by atoms with Gasteiger partial charge < -0.3 is 10.1 Å². The molecule has 0 saturated carbocycles. The first-order valence-corrected chi connectivity index (χ1v) is 9.24. The van der Waals surface area contributed by atoms with Crippen LogP contribution in [-0.4, -0.2) is 18.3 Å². The van der Waals surface area contributed by atoms with E-state index in [4.69, 9.17) is 4.74 Å². The topological polar surface area (TPSA) is 38.3 Å². The van der Waals surface area contributed by atoms with Crippen LogP contribution in [0.15, 0.2) is 40.6 Å². The number of thioether (sulfide) groups is 1. The minimum Gasteiger partial charge on any atom is -0.493 e. The second kappa shape index (κ2) is 9.03. The summed E-state index contributed by atoms with van der Waals surface area (Å²) in [5, 5.41) is 4.40. The molecule has 2 rings (SSSR count). The SMILES string of the molecule is CC(C)COc1cccc(CNC(=O)c2sccc2SC(F)F)c1. The van der Waals surface area contributed by atoms with Crippen molar-refractivity contribution in [2.45, 2.75) is 31.0 Å². The first-order chi connectivity index (χ1) is 11.5. The van der Waals surface area contributed by atoms with E-state index in [0.29, 0.717) is 40.6 Å². The van der Waals surface area contributed by atoms with Crippen LogP contribution < -0.4 is 10.1 Å². The van der Waals surface area contributed by atoms with Crippen molar-refractivity contribution in [1.29, 1.82) is 0 Å². The molecule has 1 heterocycles. The van der Waals surface area contributed by atoms with Gasteiger partial charge in [0, 0.05) is 11.4 Å². The smallest absolute Gasteiger partial charge is 0.288 e. The quantitative estimate of drug-likeness (QED) is 0.662. The average molecular weight is 371 g/mol. The Hall–Kier alpha value is -1.60. The number of benzene rings is 1. The number of rotatable bonds is 8. The van der Waals surface area contributed by atoms with Crippen LogP contribution in [0.4, 0.5) is 8.78 Å². The van der Waals surface area contributed by atoms with Gasteiger partial charge in [-0.25, -0.2) is 0 Å². The molecular formula is C17H19F2NO2S2. The van der Waals surface area contributed by atoms with Crippen LogP contribution in [0.2, 0.25) is 0 Å². The maximum absolute atomic E-state index is 12.5. The van der Waals surface area contributed by atoms with Gasteiger partial charge in [0.25, 0.3) is 11.7 Å². The van der Waals surface area contributed by atoms with Crippen LogP contribution in [-0.2, 0) is 6.54 Å². The highest BCUT2D eigenvalue weighted by molar-refractivity contribution is 7.99. The van der Waals surface area contributed by atoms with Gasteiger partial charge in [0.2, 0.25) is 0 Å². The third kappa shape index (κ3) is 5.79. The van der Waals surface area contributed by atoms with Crippen molar-refractivity contribution in [2.75, 3.05) is 6.61 Å². The van der Waals surface area contributed by atoms with Crippen LogP contribution in [0, 0.1) is 5.92 Å². The summed E-state index contributed by atoms with van der Waals surface area (Å²) in [6.07, 6.45) is 0. The number of carbonyl (C=O) groups is 1. The highest BCUT2D eigenvalue weighted by atomic mass is 32.2. The highest BCUT2D eigenvalue weighted by Gasteiger charge is 2.17. The lowest BCUT2D eigenvalue weighted by atomic mass is 10.2. The lowest BCUT2D eigenvalue weighted by molar-refractivity contribution is 0.0952. The van der Waals surface area contributed by atoms with E-state index in [1.165, 1.54) is 6.07 Å². The third-order valence-electron chi connectivity index (χ3n) is 2.99. The molecule has 2 aromatic rings. The fourth-order valence-electron chi connectivity index (χ4n) is 1.92. The molecule has 1 aromatic heterocycles. The molecule has 0 aliphatic heterocycles. The van der Waals surface area contributed by atoms with Gasteiger partial charge in [-0.1, -0.05) is 37.7 Å². The Kier molecular flexibility index (Phi) is 7.05. The van der Waals surface area contributed by atoms with E-state index < -0.39 is 5.76 Å². The zero-order valence-electron chi connectivity index (χ0n) is 13.4. The van der Waals surface area contributed by atoms with Gasteiger partial charge >= 0.3 is 0 Å². The number of thiophene rings is 1. The highest BCUT2D eigenvalue weighted by Crippen LogP contribution is 2.31. The molecule has 7 heteroatoms. The Morgan fingerprint density at radius 1 is 1.33 bits per heavy atom. The number of hydrogen-bond acceptors (Lipinski definition) is 4. The standard InChI is InChI=1S/C17H19F2NO2S2/c1-11(2)10-22-13-5-3-4-12(8-13)9-20-16(21)15-14(6-7-23-15)24-17(18)19/h3-8,11,17H,9-10H2,1-2H3,(H,20,21). The van der Waals surface area contributed by atoms with Gasteiger partial charge in [-0.05, 0) is 35.1 Å². The second-order valence-electron chi connectivity index (χ2n) is 5.53. The van der Waals surface area contributed by atoms with Gasteiger partial charge in [-0.2, -0.15) is 8.78 Å². The molecule has 24 heavy (non-hydrogen) atoms. The van der Waals surface area contributed by atoms with E-state index in [-0.39, 0.29) is 5.91 Å². The fraction of sp³-hybridized carbons (Fsp3) is 0.353. The number of halogens is 2. The van der Waals surface area contributed by atoms with Gasteiger partial charge in [0.05, 0.1) is 6.61 Å². The molecule has 0 fully saturated rings. The van der Waals surface area contributed by atoms with Crippen molar-refractivity contribution in [3.8, 4) is 5.75 Å². The van der Waals surface area contributed by atoms with Crippen LogP contribution in [0.25, 0.3) is 0 Å². The number of carbonyl (C=O) groups excluding carboxylic acids is 1. The monoisotopic (exact) mass is 371 g/mol. The van der Waals surface area contributed by atoms with Crippen LogP contribution >= 0.6 is 23.1 Å². The molecule has 0 saturated heterocycles. The van der Waals surface area contributed by atoms with Gasteiger partial charge in [0.1, 0.15) is 10.6 Å². The maximum atomic E-state index is 12.5. The van der Waals surface area contributed by atoms with Crippen molar-refractivity contribution in [3.05, 3.63) is 46.2 Å². The lowest BCUT2D eigenvalue weighted by Crippen LogP contribution is -2.22. The summed E-state index contributed by atoms with van der Waals surface area (Å²) in [5.41, 5.74) is 0.893. The number of alkyl halides is 2. The van der Waals surface area contributed by atoms with Crippen LogP contribution in [0.3, 0.4) is 0 Å². The summed E-state index contributed by atoms with van der Waals surface area (Å²) >= 11 is 1.55. The number of ether oxygens (including phenoxy) is 1. The molecule has 1 amide bonds. The Labute approximate surface area is 148 Å². The van der Waals surface area contributed by atoms with E-state index in [9.17, 15) is 13.6 Å². The molecule has 0 atom stereocenters. The van der Waals surface area contributed by atoms with Gasteiger partial charge in [0.15, 0.2) is 0 Å². The Bertz CT molecular complexity index is 674. The van der Waals surface area contributed by atoms with Gasteiger partial charge in [-0.3, -0.25) is 4.79 Å². The lowest BCUT2D eigenvalue weighted by Gasteiger charge is -2.10. The zero-order valence-corrected chi connectivity index (χ0v) is 15.1. The summed E-state index contributed by atoms with van der Waals surface area (Å²) in [6, 6.07) is 9.01. The van der Waals surface area contributed by atoms with Crippen molar-refractivity contribution in [3.63, 3.8) is 0 Å². The van der Waals surface area contributed by atoms with E-state index in [0.717, 1.165) is 22.6 Å².